The van der Waals surface area contributed by atoms with Gasteiger partial charge in [0.25, 0.3) is 25.2 Å². The first-order valence-electron chi connectivity index (χ1n) is 25.2. The van der Waals surface area contributed by atoms with Crippen LogP contribution in [0.25, 0.3) is 0 Å². The molecule has 0 aliphatic heterocycles. The van der Waals surface area contributed by atoms with E-state index in [9.17, 15) is 95.9 Å². The first-order valence-corrected chi connectivity index (χ1v) is 25.6. The third-order valence-electron chi connectivity index (χ3n) is 8.91. The smallest absolute Gasteiger partial charge is 0.298 e. The summed E-state index contributed by atoms with van der Waals surface area (Å²) in [5, 5.41) is 2.52. The van der Waals surface area contributed by atoms with E-state index in [1.54, 1.807) is 45.2 Å². The summed E-state index contributed by atoms with van der Waals surface area (Å²) in [4.78, 5) is 203. The Morgan fingerprint density at radius 3 is 1.11 bits per heavy atom. The fourth-order valence-corrected chi connectivity index (χ4v) is 4.00. The van der Waals surface area contributed by atoms with Crippen LogP contribution in [-0.2, 0) is 101 Å². The number of allylic oxidation sites excluding steroid dienone is 2. The normalized spacial score (nSPS) is 8.90. The van der Waals surface area contributed by atoms with Gasteiger partial charge in [-0.3, -0.25) is 82.1 Å². The average molecular weight is 1260 g/mol. The van der Waals surface area contributed by atoms with E-state index in [1.165, 1.54) is 73.5 Å². The van der Waals surface area contributed by atoms with Crippen LogP contribution in [0, 0.1) is 5.41 Å². The molecule has 31 heteroatoms. The van der Waals surface area contributed by atoms with Gasteiger partial charge in [-0.25, -0.2) is 0 Å². The van der Waals surface area contributed by atoms with E-state index in [2.05, 4.69) is 20.8 Å². The number of amides is 7. The lowest BCUT2D eigenvalue weighted by molar-refractivity contribution is -0.197. The summed E-state index contributed by atoms with van der Waals surface area (Å²) in [6, 6.07) is 6.65. The van der Waals surface area contributed by atoms with Crippen LogP contribution >= 0.6 is 12.2 Å². The number of aldehydes is 10. The topological polar surface area (TPSA) is 392 Å². The van der Waals surface area contributed by atoms with E-state index >= 15 is 0 Å². The number of benzene rings is 1. The maximum atomic E-state index is 10.4. The molecular formula is C56H85N7O23S. The Labute approximate surface area is 513 Å². The molecule has 0 aliphatic carbocycles. The highest BCUT2D eigenvalue weighted by Gasteiger charge is 2.18. The highest BCUT2D eigenvalue weighted by molar-refractivity contribution is 7.80. The molecule has 0 atom stereocenters. The number of carbonyl (C=O) groups is 20. The van der Waals surface area contributed by atoms with Gasteiger partial charge in [-0.2, -0.15) is 0 Å². The molecule has 7 amide bonds. The van der Waals surface area contributed by atoms with Gasteiger partial charge in [-0.1, -0.05) is 44.7 Å². The van der Waals surface area contributed by atoms with Crippen molar-refractivity contribution in [1.82, 2.24) is 34.5 Å². The molecule has 0 radical (unpaired) electrons. The molecule has 1 rings (SSSR count). The third kappa shape index (κ3) is 72.2. The van der Waals surface area contributed by atoms with E-state index in [1.807, 2.05) is 13.8 Å². The molecule has 0 aliphatic rings. The Balaban J connectivity index is -0.000000112. The van der Waals surface area contributed by atoms with E-state index < -0.39 is 5.79 Å². The quantitative estimate of drug-likeness (QED) is 0.0179. The summed E-state index contributed by atoms with van der Waals surface area (Å²) in [7, 11) is 7.66. The van der Waals surface area contributed by atoms with Crippen molar-refractivity contribution in [2.24, 2.45) is 5.41 Å². The molecule has 87 heavy (non-hydrogen) atoms. The lowest BCUT2D eigenvalue weighted by atomic mass is 9.87. The molecule has 0 heterocycles. The summed E-state index contributed by atoms with van der Waals surface area (Å²) >= 11 is 4.88. The van der Waals surface area contributed by atoms with Gasteiger partial charge in [0.1, 0.15) is 61.9 Å². The number of carbonyl (C=O) groups excluding carboxylic acids is 20. The van der Waals surface area contributed by atoms with Gasteiger partial charge < -0.3 is 62.5 Å². The average Bonchev–Trinajstić information content (AvgIpc) is 3.54. The molecule has 30 nitrogen and oxygen atoms in total. The molecule has 0 unspecified atom stereocenters. The van der Waals surface area contributed by atoms with Crippen molar-refractivity contribution < 1.29 is 110 Å². The Kier molecular flexibility index (Phi) is 80.1. The number of hydrazine groups is 1. The first kappa shape index (κ1) is 96.4. The number of nitrogens with zero attached hydrogens (tertiary/aromatic N) is 7. The Morgan fingerprint density at radius 2 is 0.874 bits per heavy atom. The molecule has 0 bridgehead atoms. The van der Waals surface area contributed by atoms with Gasteiger partial charge in [-0.05, 0) is 44.8 Å². The molecule has 0 fully saturated rings. The van der Waals surface area contributed by atoms with E-state index in [0.29, 0.717) is 157 Å². The molecule has 0 N–H and O–H groups in total. The predicted molar refractivity (Wildman–Crippen MR) is 318 cm³/mol. The van der Waals surface area contributed by atoms with Crippen molar-refractivity contribution in [2.75, 3.05) is 54.9 Å². The van der Waals surface area contributed by atoms with Crippen molar-refractivity contribution >= 4 is 144 Å². The number of hydrogen-bond acceptors (Lipinski definition) is 24. The van der Waals surface area contributed by atoms with Crippen LogP contribution in [-0.4, -0.2) is 227 Å². The second kappa shape index (κ2) is 72.3. The molecule has 0 spiro atoms. The van der Waals surface area contributed by atoms with Crippen molar-refractivity contribution in [1.29, 1.82) is 0 Å². The molecule has 1 aromatic rings. The maximum Gasteiger partial charge on any atom is 0.298 e. The number of hydrogen-bond donors (Lipinski definition) is 0. The van der Waals surface area contributed by atoms with Gasteiger partial charge in [0.2, 0.25) is 44.9 Å². The summed E-state index contributed by atoms with van der Waals surface area (Å²) in [6.45, 7) is 17.5. The zero-order valence-corrected chi connectivity index (χ0v) is 52.2. The first-order chi connectivity index (χ1) is 41.1. The number of unbranched alkanes of at least 4 members (excludes halogenated alkanes) is 3. The van der Waals surface area contributed by atoms with Crippen LogP contribution in [0.5, 0.6) is 0 Å². The van der Waals surface area contributed by atoms with Crippen LogP contribution < -0.4 is 0 Å². The number of thiocarbonyl (C=S) groups is 1. The van der Waals surface area contributed by atoms with Crippen LogP contribution in [0.4, 0.5) is 0 Å². The van der Waals surface area contributed by atoms with Gasteiger partial charge in [-0.15, -0.1) is 0 Å². The standard InChI is InChI=1S/C8H6O2.C7H12N2O2S.C7H12O2.C6H10N2O2.C5H9NO2.C5H8O4.C5H6O3.C5H8O2.C4H8N2O2.C4H6O2/c9-5-7-3-1-2-4-8(7)6-10;1-3-8(5-10)7(12)9(4-2)6-11;1-7(2,3-5-8)4-6-9;1-6(7(2)4-9)8(3)5-10;1-6(5-8)3-2-4-7;1-5(2,8-3-6)9-4-7;1-5(2-3-6)8-4-7;6-4-2-1-3-5-7;1-5(3-7)6(2)4-8;5-3-1-2-4-6/h1-6H;5-6H,3-4H2,1-2H3;5-6H,3-4H2,1-2H3;4-5H,1H2,2-3H3;4-5H,2-3H2,1H3;3-4H,1-2H3;2-4H,1H3;4-5H,1-3H2;3-4H,1-2H3;3-4H,1-2H2/b;;;;;;5-2-;;;. The fraction of sp³-hybridized carbons (Fsp3) is 0.446. The van der Waals surface area contributed by atoms with Gasteiger partial charge in [0.15, 0.2) is 17.7 Å². The van der Waals surface area contributed by atoms with Crippen molar-refractivity contribution in [3.63, 3.8) is 0 Å². The lowest BCUT2D eigenvalue weighted by Crippen LogP contribution is -2.41. The molecule has 0 aromatic heterocycles. The van der Waals surface area contributed by atoms with Crippen molar-refractivity contribution in [3.05, 3.63) is 59.6 Å². The molecule has 1 aromatic carbocycles. The third-order valence-corrected chi connectivity index (χ3v) is 9.38. The van der Waals surface area contributed by atoms with Crippen LogP contribution in [0.2, 0.25) is 0 Å². The highest BCUT2D eigenvalue weighted by Crippen LogP contribution is 2.21. The van der Waals surface area contributed by atoms with Crippen molar-refractivity contribution in [2.45, 2.75) is 106 Å². The fourth-order valence-electron chi connectivity index (χ4n) is 3.65. The summed E-state index contributed by atoms with van der Waals surface area (Å²) in [5.41, 5.74) is 0.749. The second-order valence-electron chi connectivity index (χ2n) is 16.7. The maximum absolute atomic E-state index is 10.4. The molecule has 0 saturated carbocycles. The van der Waals surface area contributed by atoms with Crippen LogP contribution in [0.1, 0.15) is 121 Å². The van der Waals surface area contributed by atoms with Gasteiger partial charge >= 0.3 is 0 Å². The van der Waals surface area contributed by atoms with E-state index in [0.717, 1.165) is 60.1 Å². The lowest BCUT2D eigenvalue weighted by Gasteiger charge is -2.22. The zero-order valence-electron chi connectivity index (χ0n) is 51.3. The minimum absolute atomic E-state index is 0.135. The summed E-state index contributed by atoms with van der Waals surface area (Å²) in [6.07, 6.45) is 16.7. The van der Waals surface area contributed by atoms with Crippen molar-refractivity contribution in [3.8, 4) is 0 Å². The number of rotatable bonds is 35. The SMILES string of the molecule is C/C(=C/C=O)OC=O.C=C(N(C)C=O)N(C)C=O.CC(C)(CC=O)CC=O.CC(C)(OC=O)OC=O.CCN(C=O)C(=S)N(C=O)CC.CN(C=O)CCC=O.CN(C=O)N(C)C=O.O=CCCC=O.O=CCCCC=O.O=Cc1ccccc1C=O. The largest absolute Gasteiger partial charge is 0.433 e. The molecule has 488 valence electrons. The minimum atomic E-state index is -1.14. The second-order valence-corrected chi connectivity index (χ2v) is 17.1. The number of ether oxygens (including phenoxy) is 3. The van der Waals surface area contributed by atoms with Gasteiger partial charge in [0.05, 0.1) is 0 Å². The minimum Gasteiger partial charge on any atom is -0.433 e. The van der Waals surface area contributed by atoms with Crippen LogP contribution in [0.15, 0.2) is 48.5 Å². The van der Waals surface area contributed by atoms with Gasteiger partial charge in [0, 0.05) is 131 Å². The molecular weight excluding hydrogens is 1170 g/mol. The Bertz CT molecular complexity index is 2040. The predicted octanol–water partition coefficient (Wildman–Crippen LogP) is 2.16. The van der Waals surface area contributed by atoms with E-state index in [4.69, 9.17) is 12.2 Å². The Morgan fingerprint density at radius 1 is 0.506 bits per heavy atom. The monoisotopic (exact) mass is 1260 g/mol. The van der Waals surface area contributed by atoms with Crippen LogP contribution in [0.3, 0.4) is 0 Å². The van der Waals surface area contributed by atoms with E-state index in [-0.39, 0.29) is 29.9 Å². The summed E-state index contributed by atoms with van der Waals surface area (Å²) in [5.74, 6) is -0.483. The summed E-state index contributed by atoms with van der Waals surface area (Å²) < 4.78 is 12.9. The molecule has 0 saturated heterocycles. The Hall–Kier alpha value is -9.81. The zero-order chi connectivity index (χ0) is 69.5. The highest BCUT2D eigenvalue weighted by atomic mass is 32.1.